The van der Waals surface area contributed by atoms with Crippen LogP contribution in [0.1, 0.15) is 130 Å². The van der Waals surface area contributed by atoms with Crippen LogP contribution in [0.25, 0.3) is 0 Å². The second kappa shape index (κ2) is 12.4. The van der Waals surface area contributed by atoms with E-state index in [1.54, 1.807) is 0 Å². The minimum Gasteiger partial charge on any atom is -0.314 e. The lowest BCUT2D eigenvalue weighted by atomic mass is 9.81. The van der Waals surface area contributed by atoms with Gasteiger partial charge in [0.2, 0.25) is 0 Å². The summed E-state index contributed by atoms with van der Waals surface area (Å²) in [5.74, 6) is 1.91. The van der Waals surface area contributed by atoms with E-state index in [0.29, 0.717) is 5.41 Å². The fourth-order valence-electron chi connectivity index (χ4n) is 5.46. The molecule has 0 aromatic rings. The van der Waals surface area contributed by atoms with E-state index in [0.717, 1.165) is 17.9 Å². The second-order valence-electron chi connectivity index (χ2n) is 10.6. The Labute approximate surface area is 165 Å². The molecule has 1 aliphatic heterocycles. The van der Waals surface area contributed by atoms with Crippen LogP contribution in [-0.4, -0.2) is 12.6 Å². The minimum atomic E-state index is 0.574. The van der Waals surface area contributed by atoms with Gasteiger partial charge in [-0.05, 0) is 62.3 Å². The van der Waals surface area contributed by atoms with Crippen LogP contribution in [0.5, 0.6) is 0 Å². The summed E-state index contributed by atoms with van der Waals surface area (Å²) in [6.07, 6.45) is 24.7. The molecule has 2 fully saturated rings. The van der Waals surface area contributed by atoms with Crippen molar-refractivity contribution in [3.63, 3.8) is 0 Å². The van der Waals surface area contributed by atoms with Crippen LogP contribution in [0.3, 0.4) is 0 Å². The molecule has 1 aliphatic carbocycles. The third-order valence-electron chi connectivity index (χ3n) is 7.42. The molecule has 1 heteroatoms. The highest BCUT2D eigenvalue weighted by atomic mass is 14.9. The lowest BCUT2D eigenvalue weighted by Gasteiger charge is -2.30. The number of hydrogen-bond acceptors (Lipinski definition) is 1. The maximum atomic E-state index is 4.04. The van der Waals surface area contributed by atoms with Crippen molar-refractivity contribution in [1.82, 2.24) is 5.32 Å². The lowest BCUT2D eigenvalue weighted by molar-refractivity contribution is 0.252. The summed E-state index contributed by atoms with van der Waals surface area (Å²) in [5.41, 5.74) is 0.574. The van der Waals surface area contributed by atoms with E-state index in [2.05, 4.69) is 26.1 Å². The molecule has 0 radical (unpaired) electrons. The van der Waals surface area contributed by atoms with Crippen LogP contribution in [0.2, 0.25) is 0 Å². The zero-order chi connectivity index (χ0) is 18.7. The van der Waals surface area contributed by atoms with Gasteiger partial charge in [-0.3, -0.25) is 0 Å². The summed E-state index contributed by atoms with van der Waals surface area (Å²) in [7, 11) is 0. The maximum Gasteiger partial charge on any atom is 0.00953 e. The molecule has 1 nitrogen and oxygen atoms in total. The molecule has 0 amide bonds. The van der Waals surface area contributed by atoms with Gasteiger partial charge in [-0.15, -0.1) is 0 Å². The zero-order valence-electron chi connectivity index (χ0n) is 18.5. The summed E-state index contributed by atoms with van der Waals surface area (Å²) in [4.78, 5) is 0. The number of nitrogens with one attached hydrogen (secondary N) is 1. The van der Waals surface area contributed by atoms with E-state index < -0.39 is 0 Å². The molecular formula is C25H49N. The number of rotatable bonds is 1. The van der Waals surface area contributed by atoms with Gasteiger partial charge in [0.15, 0.2) is 0 Å². The SMILES string of the molecule is CC1CCCCCC(C2CCCCCC(C)(C)CCCCN2)CCCC1. The van der Waals surface area contributed by atoms with Crippen molar-refractivity contribution in [2.45, 2.75) is 136 Å². The van der Waals surface area contributed by atoms with Gasteiger partial charge in [0.1, 0.15) is 0 Å². The molecule has 0 aromatic carbocycles. The summed E-state index contributed by atoms with van der Waals surface area (Å²) in [5, 5.41) is 4.04. The van der Waals surface area contributed by atoms with Crippen LogP contribution in [0, 0.1) is 17.3 Å². The van der Waals surface area contributed by atoms with Gasteiger partial charge in [-0.2, -0.15) is 0 Å². The summed E-state index contributed by atoms with van der Waals surface area (Å²) < 4.78 is 0. The van der Waals surface area contributed by atoms with E-state index in [1.165, 1.54) is 116 Å². The first-order valence-corrected chi connectivity index (χ1v) is 12.3. The van der Waals surface area contributed by atoms with Crippen LogP contribution >= 0.6 is 0 Å². The highest BCUT2D eigenvalue weighted by Crippen LogP contribution is 2.32. The predicted molar refractivity (Wildman–Crippen MR) is 117 cm³/mol. The normalized spacial score (nSPS) is 34.0. The third kappa shape index (κ3) is 9.25. The second-order valence-corrected chi connectivity index (χ2v) is 10.6. The Kier molecular flexibility index (Phi) is 10.6. The fraction of sp³-hybridized carbons (Fsp3) is 1.00. The topological polar surface area (TPSA) is 12.0 Å². The van der Waals surface area contributed by atoms with Crippen molar-refractivity contribution in [1.29, 1.82) is 0 Å². The smallest absolute Gasteiger partial charge is 0.00953 e. The van der Waals surface area contributed by atoms with Gasteiger partial charge < -0.3 is 5.32 Å². The van der Waals surface area contributed by atoms with Crippen LogP contribution < -0.4 is 5.32 Å². The molecule has 0 aromatic heterocycles. The molecule has 1 heterocycles. The molecule has 26 heavy (non-hydrogen) atoms. The first-order chi connectivity index (χ1) is 12.6. The molecule has 1 N–H and O–H groups in total. The van der Waals surface area contributed by atoms with Crippen molar-refractivity contribution in [2.75, 3.05) is 6.54 Å². The molecule has 2 aliphatic rings. The van der Waals surface area contributed by atoms with Gasteiger partial charge in [0.05, 0.1) is 0 Å². The van der Waals surface area contributed by atoms with Crippen LogP contribution in [-0.2, 0) is 0 Å². The summed E-state index contributed by atoms with van der Waals surface area (Å²) in [6.45, 7) is 8.70. The van der Waals surface area contributed by atoms with E-state index >= 15 is 0 Å². The third-order valence-corrected chi connectivity index (χ3v) is 7.42. The van der Waals surface area contributed by atoms with Gasteiger partial charge in [-0.25, -0.2) is 0 Å². The van der Waals surface area contributed by atoms with Crippen LogP contribution in [0.4, 0.5) is 0 Å². The zero-order valence-corrected chi connectivity index (χ0v) is 18.5. The summed E-state index contributed by atoms with van der Waals surface area (Å²) in [6, 6.07) is 0.806. The predicted octanol–water partition coefficient (Wildman–Crippen LogP) is 7.88. The molecule has 1 saturated carbocycles. The lowest BCUT2D eigenvalue weighted by Crippen LogP contribution is -2.37. The quantitative estimate of drug-likeness (QED) is 0.499. The van der Waals surface area contributed by atoms with Crippen molar-refractivity contribution in [2.24, 2.45) is 17.3 Å². The molecule has 0 spiro atoms. The Balaban J connectivity index is 1.85. The highest BCUT2D eigenvalue weighted by Gasteiger charge is 2.22. The Hall–Kier alpha value is -0.0400. The van der Waals surface area contributed by atoms with Gasteiger partial charge in [-0.1, -0.05) is 91.4 Å². The van der Waals surface area contributed by atoms with E-state index in [9.17, 15) is 0 Å². The fourth-order valence-corrected chi connectivity index (χ4v) is 5.46. The molecule has 154 valence electrons. The maximum absolute atomic E-state index is 4.04. The molecule has 1 saturated heterocycles. The Bertz CT molecular complexity index is 332. The van der Waals surface area contributed by atoms with Gasteiger partial charge in [0.25, 0.3) is 0 Å². The van der Waals surface area contributed by atoms with Gasteiger partial charge in [0, 0.05) is 6.04 Å². The molecule has 2 rings (SSSR count). The molecular weight excluding hydrogens is 314 g/mol. The first-order valence-electron chi connectivity index (χ1n) is 12.3. The van der Waals surface area contributed by atoms with Crippen molar-refractivity contribution < 1.29 is 0 Å². The number of hydrogen-bond donors (Lipinski definition) is 1. The van der Waals surface area contributed by atoms with E-state index in [4.69, 9.17) is 0 Å². The largest absolute Gasteiger partial charge is 0.314 e. The molecule has 0 bridgehead atoms. The van der Waals surface area contributed by atoms with Crippen LogP contribution in [0.15, 0.2) is 0 Å². The van der Waals surface area contributed by atoms with Gasteiger partial charge >= 0.3 is 0 Å². The Morgan fingerprint density at radius 2 is 1.15 bits per heavy atom. The van der Waals surface area contributed by atoms with E-state index in [-0.39, 0.29) is 0 Å². The highest BCUT2D eigenvalue weighted by molar-refractivity contribution is 4.79. The average molecular weight is 364 g/mol. The molecule has 3 atom stereocenters. The minimum absolute atomic E-state index is 0.574. The Morgan fingerprint density at radius 1 is 0.615 bits per heavy atom. The monoisotopic (exact) mass is 363 g/mol. The molecule has 3 unspecified atom stereocenters. The van der Waals surface area contributed by atoms with E-state index in [1.807, 2.05) is 0 Å². The Morgan fingerprint density at radius 3 is 1.92 bits per heavy atom. The summed E-state index contributed by atoms with van der Waals surface area (Å²) >= 11 is 0. The average Bonchev–Trinajstić information content (AvgIpc) is 2.64. The van der Waals surface area contributed by atoms with Crippen molar-refractivity contribution >= 4 is 0 Å². The van der Waals surface area contributed by atoms with Crippen molar-refractivity contribution in [3.8, 4) is 0 Å². The van der Waals surface area contributed by atoms with Crippen molar-refractivity contribution in [3.05, 3.63) is 0 Å². The standard InChI is InChI=1S/C25H49N/c1-22-14-6-4-7-16-23(17-10-9-15-22)24-18-8-5-11-19-25(2,3)20-12-13-21-26-24/h22-24,26H,4-21H2,1-3H3. The first kappa shape index (κ1) is 22.3.